The van der Waals surface area contributed by atoms with Gasteiger partial charge in [-0.3, -0.25) is 0 Å². The van der Waals surface area contributed by atoms with E-state index in [9.17, 15) is 0 Å². The van der Waals surface area contributed by atoms with Crippen molar-refractivity contribution in [1.82, 2.24) is 4.98 Å². The fourth-order valence-electron chi connectivity index (χ4n) is 1.14. The molecule has 0 spiro atoms. The van der Waals surface area contributed by atoms with Gasteiger partial charge >= 0.3 is 0 Å². The third kappa shape index (κ3) is 1.61. The highest BCUT2D eigenvalue weighted by atomic mass is 16.3. The predicted octanol–water partition coefficient (Wildman–Crippen LogP) is 2.72. The van der Waals surface area contributed by atoms with Crippen LogP contribution in [-0.2, 0) is 6.42 Å². The van der Waals surface area contributed by atoms with Crippen molar-refractivity contribution < 1.29 is 4.42 Å². The molecule has 0 fully saturated rings. The van der Waals surface area contributed by atoms with E-state index in [0.717, 1.165) is 11.3 Å². The van der Waals surface area contributed by atoms with Gasteiger partial charge in [0.25, 0.3) is 0 Å². The molecule has 0 N–H and O–H groups in total. The van der Waals surface area contributed by atoms with Crippen molar-refractivity contribution in [2.75, 3.05) is 0 Å². The minimum Gasteiger partial charge on any atom is -0.444 e. The van der Waals surface area contributed by atoms with Gasteiger partial charge in [-0.05, 0) is 25.5 Å². The number of aromatic nitrogens is 1. The van der Waals surface area contributed by atoms with E-state index in [2.05, 4.69) is 11.9 Å². The molecule has 0 aliphatic carbocycles. The maximum absolute atomic E-state index is 5.29. The molecule has 2 nitrogen and oxygen atoms in total. The van der Waals surface area contributed by atoms with Gasteiger partial charge in [0.2, 0.25) is 5.89 Å². The van der Waals surface area contributed by atoms with Crippen molar-refractivity contribution in [3.05, 3.63) is 49.2 Å². The molecule has 0 amide bonds. The first kappa shape index (κ1) is 8.05. The van der Waals surface area contributed by atoms with Crippen LogP contribution in [0.3, 0.4) is 0 Å². The summed E-state index contributed by atoms with van der Waals surface area (Å²) >= 11 is 0. The molecule has 0 saturated carbocycles. The summed E-state index contributed by atoms with van der Waals surface area (Å²) in [5, 5.41) is 0. The Kier molecular flexibility index (Phi) is 2.13. The predicted molar refractivity (Wildman–Crippen MR) is 51.0 cm³/mol. The molecule has 0 atom stereocenters. The second-order valence-corrected chi connectivity index (χ2v) is 2.76. The molecule has 65 valence electrons. The van der Waals surface area contributed by atoms with Crippen molar-refractivity contribution >= 4 is 0 Å². The van der Waals surface area contributed by atoms with Crippen LogP contribution in [0.4, 0.5) is 0 Å². The Morgan fingerprint density at radius 1 is 1.23 bits per heavy atom. The lowest BCUT2D eigenvalue weighted by atomic mass is 10.2. The zero-order valence-electron chi connectivity index (χ0n) is 7.23. The first-order chi connectivity index (χ1) is 6.40. The van der Waals surface area contributed by atoms with E-state index >= 15 is 0 Å². The van der Waals surface area contributed by atoms with E-state index in [1.54, 1.807) is 6.26 Å². The molecule has 1 heterocycles. The van der Waals surface area contributed by atoms with Gasteiger partial charge in [-0.1, -0.05) is 18.2 Å². The zero-order valence-corrected chi connectivity index (χ0v) is 7.23. The van der Waals surface area contributed by atoms with Crippen molar-refractivity contribution in [2.45, 2.75) is 6.42 Å². The summed E-state index contributed by atoms with van der Waals surface area (Å²) in [4.78, 5) is 4.27. The van der Waals surface area contributed by atoms with E-state index in [0.29, 0.717) is 12.3 Å². The van der Waals surface area contributed by atoms with Gasteiger partial charge in [-0.15, -0.1) is 0 Å². The summed E-state index contributed by atoms with van der Waals surface area (Å²) in [6, 6.07) is 9.83. The van der Waals surface area contributed by atoms with Gasteiger partial charge in [0.15, 0.2) is 0 Å². The maximum atomic E-state index is 5.29. The van der Waals surface area contributed by atoms with Crippen LogP contribution < -0.4 is 0 Å². The number of oxazole rings is 1. The minimum absolute atomic E-state index is 0.663. The average molecular weight is 172 g/mol. The molecule has 13 heavy (non-hydrogen) atoms. The van der Waals surface area contributed by atoms with Gasteiger partial charge in [0.1, 0.15) is 6.26 Å². The lowest BCUT2D eigenvalue weighted by molar-refractivity contribution is 0.573. The Balaban J connectivity index is 2.36. The number of benzene rings is 1. The monoisotopic (exact) mass is 172 g/mol. The summed E-state index contributed by atoms with van der Waals surface area (Å²) in [5.41, 5.74) is 1.89. The van der Waals surface area contributed by atoms with Gasteiger partial charge in [-0.25, -0.2) is 4.98 Å². The fraction of sp³-hybridized carbons (Fsp3) is 0.0909. The third-order valence-corrected chi connectivity index (χ3v) is 1.83. The number of hydrogen-bond donors (Lipinski definition) is 0. The summed E-state index contributed by atoms with van der Waals surface area (Å²) in [6.07, 6.45) is 2.31. The van der Waals surface area contributed by atoms with Crippen LogP contribution in [0.2, 0.25) is 0 Å². The molecule has 1 aromatic carbocycles. The molecule has 0 aliphatic heterocycles. The van der Waals surface area contributed by atoms with Gasteiger partial charge in [-0.2, -0.15) is 0 Å². The highest BCUT2D eigenvalue weighted by Gasteiger charge is 2.03. The van der Waals surface area contributed by atoms with Crippen molar-refractivity contribution in [1.29, 1.82) is 0 Å². The Hall–Kier alpha value is -1.57. The average Bonchev–Trinajstić information content (AvgIpc) is 2.67. The van der Waals surface area contributed by atoms with E-state index < -0.39 is 0 Å². The Bertz CT molecular complexity index is 378. The molecule has 2 heteroatoms. The van der Waals surface area contributed by atoms with E-state index in [4.69, 9.17) is 4.42 Å². The van der Waals surface area contributed by atoms with Crippen LogP contribution in [0.1, 0.15) is 5.69 Å². The topological polar surface area (TPSA) is 26.0 Å². The lowest BCUT2D eigenvalue weighted by Gasteiger charge is -1.91. The molecule has 1 radical (unpaired) electrons. The van der Waals surface area contributed by atoms with E-state index in [1.807, 2.05) is 30.3 Å². The van der Waals surface area contributed by atoms with E-state index in [-0.39, 0.29) is 0 Å². The second-order valence-electron chi connectivity index (χ2n) is 2.76. The molecule has 0 unspecified atom stereocenters. The normalized spacial score (nSPS) is 10.2. The van der Waals surface area contributed by atoms with Crippen LogP contribution in [0.25, 0.3) is 11.5 Å². The maximum Gasteiger partial charge on any atom is 0.226 e. The molecule has 1 aromatic heterocycles. The third-order valence-electron chi connectivity index (χ3n) is 1.83. The molecule has 0 bridgehead atoms. The van der Waals surface area contributed by atoms with Crippen molar-refractivity contribution in [3.8, 4) is 11.5 Å². The lowest BCUT2D eigenvalue weighted by Crippen LogP contribution is -1.80. The second kappa shape index (κ2) is 3.44. The number of nitrogens with zero attached hydrogens (tertiary/aromatic N) is 1. The Morgan fingerprint density at radius 3 is 2.62 bits per heavy atom. The summed E-state index contributed by atoms with van der Waals surface area (Å²) in [5.74, 6) is 0.666. The van der Waals surface area contributed by atoms with Crippen LogP contribution >= 0.6 is 0 Å². The highest BCUT2D eigenvalue weighted by molar-refractivity contribution is 5.52. The van der Waals surface area contributed by atoms with Crippen LogP contribution in [0.5, 0.6) is 0 Å². The highest BCUT2D eigenvalue weighted by Crippen LogP contribution is 2.17. The minimum atomic E-state index is 0.663. The Morgan fingerprint density at radius 2 is 2.00 bits per heavy atom. The zero-order chi connectivity index (χ0) is 9.10. The van der Waals surface area contributed by atoms with Gasteiger partial charge in [0.05, 0.1) is 5.69 Å². The fourth-order valence-corrected chi connectivity index (χ4v) is 1.14. The number of rotatable bonds is 2. The quantitative estimate of drug-likeness (QED) is 0.696. The van der Waals surface area contributed by atoms with Crippen molar-refractivity contribution in [3.63, 3.8) is 0 Å². The van der Waals surface area contributed by atoms with Crippen LogP contribution in [0, 0.1) is 6.92 Å². The molecular weight excluding hydrogens is 162 g/mol. The Labute approximate surface area is 77.2 Å². The van der Waals surface area contributed by atoms with Gasteiger partial charge in [0, 0.05) is 5.56 Å². The molecule has 0 saturated heterocycles. The van der Waals surface area contributed by atoms with Crippen molar-refractivity contribution in [2.24, 2.45) is 0 Å². The number of hydrogen-bond acceptors (Lipinski definition) is 2. The SMILES string of the molecule is [CH2]Cc1coc(-c2ccccc2)n1. The smallest absolute Gasteiger partial charge is 0.226 e. The molecule has 0 aliphatic rings. The van der Waals surface area contributed by atoms with Crippen LogP contribution in [-0.4, -0.2) is 4.98 Å². The largest absolute Gasteiger partial charge is 0.444 e. The standard InChI is InChI=1S/C11H10NO/c1-2-10-8-13-11(12-10)9-6-4-3-5-7-9/h3-8H,1-2H2. The molecule has 2 rings (SSSR count). The summed E-state index contributed by atoms with van der Waals surface area (Å²) < 4.78 is 5.29. The molecular formula is C11H10NO. The first-order valence-electron chi connectivity index (χ1n) is 4.19. The van der Waals surface area contributed by atoms with Crippen LogP contribution in [0.15, 0.2) is 41.0 Å². The molecule has 2 aromatic rings. The summed E-state index contributed by atoms with van der Waals surface area (Å²) in [6.45, 7) is 3.74. The summed E-state index contributed by atoms with van der Waals surface area (Å²) in [7, 11) is 0. The van der Waals surface area contributed by atoms with Gasteiger partial charge < -0.3 is 4.42 Å². The first-order valence-corrected chi connectivity index (χ1v) is 4.19. The van der Waals surface area contributed by atoms with E-state index in [1.165, 1.54) is 0 Å².